The summed E-state index contributed by atoms with van der Waals surface area (Å²) in [5.41, 5.74) is 9.29. The van der Waals surface area contributed by atoms with Gasteiger partial charge in [-0.3, -0.25) is 4.79 Å². The Labute approximate surface area is 139 Å². The minimum atomic E-state index is 0.158. The highest BCUT2D eigenvalue weighted by molar-refractivity contribution is 5.82. The molecule has 0 atom stereocenters. The molecule has 126 valence electrons. The van der Waals surface area contributed by atoms with Crippen LogP contribution in [0.25, 0.3) is 0 Å². The predicted octanol–water partition coefficient (Wildman–Crippen LogP) is 3.25. The van der Waals surface area contributed by atoms with Gasteiger partial charge in [0.1, 0.15) is 0 Å². The number of nitrogens with two attached hydrogens (primary N) is 1. The third-order valence-electron chi connectivity index (χ3n) is 5.19. The molecule has 4 heteroatoms. The Hall–Kier alpha value is -1.71. The molecule has 1 fully saturated rings. The van der Waals surface area contributed by atoms with Crippen LogP contribution in [0, 0.1) is 0 Å². The Morgan fingerprint density at radius 3 is 2.65 bits per heavy atom. The van der Waals surface area contributed by atoms with Gasteiger partial charge in [-0.1, -0.05) is 38.2 Å². The van der Waals surface area contributed by atoms with Crippen molar-refractivity contribution in [2.75, 3.05) is 23.7 Å². The molecule has 2 aliphatic rings. The highest BCUT2D eigenvalue weighted by atomic mass is 16.2. The van der Waals surface area contributed by atoms with Crippen LogP contribution in [0.3, 0.4) is 0 Å². The van der Waals surface area contributed by atoms with Crippen LogP contribution in [0.1, 0.15) is 56.9 Å². The average Bonchev–Trinajstić information content (AvgIpc) is 2.51. The van der Waals surface area contributed by atoms with Crippen molar-refractivity contribution in [1.29, 1.82) is 0 Å². The summed E-state index contributed by atoms with van der Waals surface area (Å²) >= 11 is 0. The van der Waals surface area contributed by atoms with E-state index in [1.165, 1.54) is 37.7 Å². The molecule has 0 saturated heterocycles. The molecule has 1 heterocycles. The van der Waals surface area contributed by atoms with Crippen LogP contribution < -0.4 is 16.0 Å². The molecule has 0 bridgehead atoms. The van der Waals surface area contributed by atoms with Crippen LogP contribution in [0.15, 0.2) is 18.2 Å². The van der Waals surface area contributed by atoms with Crippen LogP contribution >= 0.6 is 0 Å². The summed E-state index contributed by atoms with van der Waals surface area (Å²) in [7, 11) is 0. The Morgan fingerprint density at radius 2 is 1.87 bits per heavy atom. The van der Waals surface area contributed by atoms with E-state index in [0.29, 0.717) is 12.6 Å². The van der Waals surface area contributed by atoms with Crippen LogP contribution in [-0.4, -0.2) is 25.0 Å². The summed E-state index contributed by atoms with van der Waals surface area (Å²) in [6.07, 6.45) is 10.8. The second-order valence-electron chi connectivity index (χ2n) is 6.98. The number of nitrogen functional groups attached to an aromatic ring is 1. The minimum absolute atomic E-state index is 0.158. The lowest BCUT2D eigenvalue weighted by atomic mass is 9.96. The number of benzene rings is 1. The number of nitrogens with zero attached hydrogens (tertiary/aromatic N) is 1. The van der Waals surface area contributed by atoms with Crippen molar-refractivity contribution in [3.63, 3.8) is 0 Å². The molecule has 23 heavy (non-hydrogen) atoms. The molecule has 3 N–H and O–H groups in total. The fourth-order valence-electron chi connectivity index (χ4n) is 3.94. The number of hydrogen-bond acceptors (Lipinski definition) is 3. The first-order valence-electron chi connectivity index (χ1n) is 9.16. The first kappa shape index (κ1) is 16.2. The van der Waals surface area contributed by atoms with Gasteiger partial charge >= 0.3 is 0 Å². The fourth-order valence-corrected chi connectivity index (χ4v) is 3.94. The molecule has 1 saturated carbocycles. The quantitative estimate of drug-likeness (QED) is 0.842. The number of carbonyl (C=O) groups excluding carboxylic acids is 1. The largest absolute Gasteiger partial charge is 0.398 e. The van der Waals surface area contributed by atoms with Crippen molar-refractivity contribution < 1.29 is 4.79 Å². The molecule has 3 rings (SSSR count). The Kier molecular flexibility index (Phi) is 5.42. The van der Waals surface area contributed by atoms with Crippen molar-refractivity contribution in [2.45, 2.75) is 63.8 Å². The number of rotatable bonds is 3. The molecular weight excluding hydrogens is 286 g/mol. The number of anilines is 2. The van der Waals surface area contributed by atoms with Gasteiger partial charge in [0.05, 0.1) is 6.54 Å². The smallest absolute Gasteiger partial charge is 0.239 e. The van der Waals surface area contributed by atoms with Gasteiger partial charge < -0.3 is 16.0 Å². The number of hydrogen-bond donors (Lipinski definition) is 2. The van der Waals surface area contributed by atoms with Gasteiger partial charge in [0.2, 0.25) is 5.91 Å². The molecule has 4 nitrogen and oxygen atoms in total. The highest BCUT2D eigenvalue weighted by Gasteiger charge is 2.22. The van der Waals surface area contributed by atoms with Crippen molar-refractivity contribution in [2.24, 2.45) is 0 Å². The second-order valence-corrected chi connectivity index (χ2v) is 6.98. The number of carbonyl (C=O) groups is 1. The molecule has 0 spiro atoms. The zero-order valence-corrected chi connectivity index (χ0v) is 14.0. The van der Waals surface area contributed by atoms with Crippen LogP contribution in [0.5, 0.6) is 0 Å². The van der Waals surface area contributed by atoms with Gasteiger partial charge in [0.15, 0.2) is 0 Å². The third-order valence-corrected chi connectivity index (χ3v) is 5.19. The molecule has 1 amide bonds. The third kappa shape index (κ3) is 4.18. The van der Waals surface area contributed by atoms with E-state index in [2.05, 4.69) is 16.3 Å². The number of amides is 1. The van der Waals surface area contributed by atoms with E-state index < -0.39 is 0 Å². The van der Waals surface area contributed by atoms with Gasteiger partial charge in [-0.05, 0) is 43.4 Å². The molecule has 0 aromatic heterocycles. The highest BCUT2D eigenvalue weighted by Crippen LogP contribution is 2.30. The Bertz CT molecular complexity index is 535. The fraction of sp³-hybridized carbons (Fsp3) is 0.632. The maximum atomic E-state index is 12.5. The second kappa shape index (κ2) is 7.71. The van der Waals surface area contributed by atoms with Crippen LogP contribution in [0.4, 0.5) is 11.4 Å². The zero-order valence-electron chi connectivity index (χ0n) is 14.0. The van der Waals surface area contributed by atoms with Crippen molar-refractivity contribution >= 4 is 17.3 Å². The van der Waals surface area contributed by atoms with E-state index in [1.807, 2.05) is 12.1 Å². The van der Waals surface area contributed by atoms with Crippen LogP contribution in [-0.2, 0) is 11.2 Å². The summed E-state index contributed by atoms with van der Waals surface area (Å²) in [4.78, 5) is 14.7. The van der Waals surface area contributed by atoms with Crippen molar-refractivity contribution in [1.82, 2.24) is 5.32 Å². The van der Waals surface area contributed by atoms with E-state index in [1.54, 1.807) is 0 Å². The maximum absolute atomic E-state index is 12.5. The molecule has 0 unspecified atom stereocenters. The Balaban J connectivity index is 1.59. The zero-order chi connectivity index (χ0) is 16.1. The SMILES string of the molecule is Nc1cccc2c1CCCN2CC(=O)NC1CCCCCCC1. The maximum Gasteiger partial charge on any atom is 0.239 e. The first-order valence-corrected chi connectivity index (χ1v) is 9.16. The molecular formula is C19H29N3O. The summed E-state index contributed by atoms with van der Waals surface area (Å²) in [6, 6.07) is 6.40. The average molecular weight is 315 g/mol. The van der Waals surface area contributed by atoms with Crippen molar-refractivity contribution in [3.8, 4) is 0 Å². The summed E-state index contributed by atoms with van der Waals surface area (Å²) in [5, 5.41) is 3.27. The van der Waals surface area contributed by atoms with Gasteiger partial charge in [-0.25, -0.2) is 0 Å². The lowest BCUT2D eigenvalue weighted by molar-refractivity contribution is -0.120. The van der Waals surface area contributed by atoms with E-state index in [9.17, 15) is 4.79 Å². The summed E-state index contributed by atoms with van der Waals surface area (Å²) in [6.45, 7) is 1.39. The lowest BCUT2D eigenvalue weighted by Crippen LogP contribution is -2.44. The summed E-state index contributed by atoms with van der Waals surface area (Å²) in [5.74, 6) is 0.158. The Morgan fingerprint density at radius 1 is 1.13 bits per heavy atom. The van der Waals surface area contributed by atoms with Gasteiger partial charge in [-0.15, -0.1) is 0 Å². The van der Waals surface area contributed by atoms with Gasteiger partial charge in [0, 0.05) is 24.0 Å². The van der Waals surface area contributed by atoms with E-state index in [4.69, 9.17) is 5.73 Å². The molecule has 1 aliphatic carbocycles. The predicted molar refractivity (Wildman–Crippen MR) is 95.6 cm³/mol. The normalized spacial score (nSPS) is 19.6. The molecule has 1 aliphatic heterocycles. The minimum Gasteiger partial charge on any atom is -0.398 e. The monoisotopic (exact) mass is 315 g/mol. The van der Waals surface area contributed by atoms with Crippen molar-refractivity contribution in [3.05, 3.63) is 23.8 Å². The number of fused-ring (bicyclic) bond motifs is 1. The topological polar surface area (TPSA) is 58.4 Å². The molecule has 0 radical (unpaired) electrons. The number of nitrogens with one attached hydrogen (secondary N) is 1. The van der Waals surface area contributed by atoms with Gasteiger partial charge in [-0.2, -0.15) is 0 Å². The lowest BCUT2D eigenvalue weighted by Gasteiger charge is -2.32. The van der Waals surface area contributed by atoms with E-state index in [0.717, 1.165) is 43.6 Å². The molecule has 1 aromatic carbocycles. The molecule has 1 aromatic rings. The first-order chi connectivity index (χ1) is 11.2. The van der Waals surface area contributed by atoms with E-state index >= 15 is 0 Å². The van der Waals surface area contributed by atoms with E-state index in [-0.39, 0.29) is 5.91 Å². The van der Waals surface area contributed by atoms with Gasteiger partial charge in [0.25, 0.3) is 0 Å². The summed E-state index contributed by atoms with van der Waals surface area (Å²) < 4.78 is 0. The van der Waals surface area contributed by atoms with Crippen LogP contribution in [0.2, 0.25) is 0 Å². The standard InChI is InChI=1S/C19H29N3O/c20-17-11-6-12-18-16(17)10-7-13-22(18)14-19(23)21-15-8-4-2-1-3-5-9-15/h6,11-12,15H,1-5,7-10,13-14,20H2,(H,21,23).